The largest absolute Gasteiger partial charge is 0.240 e. The Hall–Kier alpha value is -0.960. The van der Waals surface area contributed by atoms with Gasteiger partial charge in [0.25, 0.3) is 0 Å². The topological polar surface area (TPSA) is 83.6 Å². The molecule has 1 aromatic rings. The van der Waals surface area contributed by atoms with Crippen LogP contribution in [-0.4, -0.2) is 47.0 Å². The van der Waals surface area contributed by atoms with E-state index in [0.717, 1.165) is 18.2 Å². The molecule has 0 aliphatic rings. The Labute approximate surface area is 146 Å². The van der Waals surface area contributed by atoms with Crippen molar-refractivity contribution in [3.8, 4) is 0 Å². The molecule has 8 heteroatoms. The van der Waals surface area contributed by atoms with E-state index in [1.165, 1.54) is 4.31 Å². The molecular weight excluding hydrogens is 348 g/mol. The minimum atomic E-state index is -3.65. The van der Waals surface area contributed by atoms with Gasteiger partial charge in [-0.05, 0) is 37.8 Å². The highest BCUT2D eigenvalue weighted by molar-refractivity contribution is 7.89. The van der Waals surface area contributed by atoms with E-state index >= 15 is 0 Å². The highest BCUT2D eigenvalue weighted by atomic mass is 32.2. The molecule has 0 bridgehead atoms. The Kier molecular flexibility index (Phi) is 7.40. The molecule has 1 N–H and O–H groups in total. The Morgan fingerprint density at radius 3 is 2.21 bits per heavy atom. The van der Waals surface area contributed by atoms with Gasteiger partial charge in [-0.1, -0.05) is 31.5 Å². The fraction of sp³-hybridized carbons (Fsp3) is 0.625. The molecule has 0 spiro atoms. The minimum absolute atomic E-state index is 0.0425. The maximum atomic E-state index is 12.4. The highest BCUT2D eigenvalue weighted by Crippen LogP contribution is 2.16. The molecule has 0 saturated carbocycles. The second-order valence-corrected chi connectivity index (χ2v) is 10.2. The van der Waals surface area contributed by atoms with Crippen molar-refractivity contribution in [1.29, 1.82) is 0 Å². The Morgan fingerprint density at radius 2 is 1.71 bits per heavy atom. The molecule has 138 valence electrons. The molecule has 0 fully saturated rings. The second kappa shape index (κ2) is 8.42. The van der Waals surface area contributed by atoms with Crippen LogP contribution in [0.1, 0.15) is 31.4 Å². The molecule has 0 amide bonds. The first-order valence-corrected chi connectivity index (χ1v) is 11.3. The summed E-state index contributed by atoms with van der Waals surface area (Å²) in [4.78, 5) is 0.223. The van der Waals surface area contributed by atoms with Gasteiger partial charge in [-0.25, -0.2) is 25.9 Å². The van der Waals surface area contributed by atoms with Gasteiger partial charge in [-0.15, -0.1) is 0 Å². The van der Waals surface area contributed by atoms with Crippen LogP contribution in [-0.2, 0) is 20.0 Å². The zero-order valence-corrected chi connectivity index (χ0v) is 16.7. The fourth-order valence-electron chi connectivity index (χ4n) is 2.33. The lowest BCUT2D eigenvalue weighted by Crippen LogP contribution is -2.39. The average molecular weight is 377 g/mol. The number of hydrogen-bond acceptors (Lipinski definition) is 4. The van der Waals surface area contributed by atoms with Crippen LogP contribution < -0.4 is 4.72 Å². The molecule has 0 aliphatic carbocycles. The van der Waals surface area contributed by atoms with Gasteiger partial charge >= 0.3 is 0 Å². The van der Waals surface area contributed by atoms with Crippen molar-refractivity contribution in [3.05, 3.63) is 29.3 Å². The summed E-state index contributed by atoms with van der Waals surface area (Å²) in [5.74, 6) is 0.376. The van der Waals surface area contributed by atoms with Crippen molar-refractivity contribution in [2.75, 3.05) is 25.9 Å². The van der Waals surface area contributed by atoms with Gasteiger partial charge in [0, 0.05) is 19.6 Å². The Bertz CT molecular complexity index is 756. The zero-order valence-electron chi connectivity index (χ0n) is 15.0. The van der Waals surface area contributed by atoms with Crippen LogP contribution in [0.3, 0.4) is 0 Å². The number of benzene rings is 1. The standard InChI is InChI=1S/C16H28N2O4S2/c1-13(2)8-10-18(23(5,19)20)11-9-17-24(21,22)16-7-6-14(3)12-15(16)4/h6-7,12-13,17H,8-11H2,1-5H3. The second-order valence-electron chi connectivity index (χ2n) is 6.51. The van der Waals surface area contributed by atoms with Crippen LogP contribution in [0.25, 0.3) is 0 Å². The van der Waals surface area contributed by atoms with E-state index in [1.54, 1.807) is 25.1 Å². The van der Waals surface area contributed by atoms with E-state index < -0.39 is 20.0 Å². The van der Waals surface area contributed by atoms with E-state index in [0.29, 0.717) is 18.0 Å². The first-order chi connectivity index (χ1) is 10.9. The van der Waals surface area contributed by atoms with Crippen LogP contribution in [0.4, 0.5) is 0 Å². The summed E-state index contributed by atoms with van der Waals surface area (Å²) in [6.45, 7) is 8.23. The van der Waals surface area contributed by atoms with Gasteiger partial charge in [0.1, 0.15) is 0 Å². The van der Waals surface area contributed by atoms with Crippen molar-refractivity contribution >= 4 is 20.0 Å². The highest BCUT2D eigenvalue weighted by Gasteiger charge is 2.20. The molecule has 1 aromatic carbocycles. The molecular formula is C16H28N2O4S2. The number of nitrogens with one attached hydrogen (secondary N) is 1. The predicted molar refractivity (Wildman–Crippen MR) is 97.0 cm³/mol. The first-order valence-electron chi connectivity index (χ1n) is 7.95. The molecule has 0 radical (unpaired) electrons. The maximum absolute atomic E-state index is 12.4. The first kappa shape index (κ1) is 21.1. The van der Waals surface area contributed by atoms with Crippen LogP contribution in [0.15, 0.2) is 23.1 Å². The summed E-state index contributed by atoms with van der Waals surface area (Å²) >= 11 is 0. The summed E-state index contributed by atoms with van der Waals surface area (Å²) in [5, 5.41) is 0. The van der Waals surface area contributed by atoms with Gasteiger partial charge in [0.2, 0.25) is 20.0 Å². The maximum Gasteiger partial charge on any atom is 0.240 e. The van der Waals surface area contributed by atoms with Gasteiger partial charge in [-0.3, -0.25) is 0 Å². The average Bonchev–Trinajstić information content (AvgIpc) is 2.40. The lowest BCUT2D eigenvalue weighted by Gasteiger charge is -2.21. The molecule has 0 aliphatic heterocycles. The van der Waals surface area contributed by atoms with Gasteiger partial charge in [0.15, 0.2) is 0 Å². The molecule has 0 heterocycles. The Balaban J connectivity index is 2.75. The third kappa shape index (κ3) is 6.51. The zero-order chi connectivity index (χ0) is 18.5. The van der Waals surface area contributed by atoms with Gasteiger partial charge in [0.05, 0.1) is 11.2 Å². The minimum Gasteiger partial charge on any atom is -0.213 e. The summed E-state index contributed by atoms with van der Waals surface area (Å²) in [6.07, 6.45) is 1.88. The van der Waals surface area contributed by atoms with Crippen LogP contribution >= 0.6 is 0 Å². The van der Waals surface area contributed by atoms with Crippen molar-refractivity contribution in [3.63, 3.8) is 0 Å². The summed E-state index contributed by atoms with van der Waals surface area (Å²) in [6, 6.07) is 5.12. The third-order valence-electron chi connectivity index (χ3n) is 3.70. The third-order valence-corrected chi connectivity index (χ3v) is 6.62. The monoisotopic (exact) mass is 376 g/mol. The van der Waals surface area contributed by atoms with E-state index in [9.17, 15) is 16.8 Å². The SMILES string of the molecule is Cc1ccc(S(=O)(=O)NCCN(CCC(C)C)S(C)(=O)=O)c(C)c1. The quantitative estimate of drug-likeness (QED) is 0.713. The molecule has 0 saturated heterocycles. The number of hydrogen-bond donors (Lipinski definition) is 1. The number of rotatable bonds is 9. The normalized spacial score (nSPS) is 13.0. The summed E-state index contributed by atoms with van der Waals surface area (Å²) in [7, 11) is -7.01. The van der Waals surface area contributed by atoms with Gasteiger partial charge in [-0.2, -0.15) is 0 Å². The number of nitrogens with zero attached hydrogens (tertiary/aromatic N) is 1. The van der Waals surface area contributed by atoms with Crippen molar-refractivity contribution < 1.29 is 16.8 Å². The fourth-order valence-corrected chi connectivity index (χ4v) is 4.43. The lowest BCUT2D eigenvalue weighted by molar-refractivity contribution is 0.385. The summed E-state index contributed by atoms with van der Waals surface area (Å²) < 4.78 is 52.2. The smallest absolute Gasteiger partial charge is 0.213 e. The number of sulfonamides is 2. The van der Waals surface area contributed by atoms with Crippen molar-refractivity contribution in [2.45, 2.75) is 39.0 Å². The molecule has 0 aromatic heterocycles. The van der Waals surface area contributed by atoms with E-state index in [4.69, 9.17) is 0 Å². The van der Waals surface area contributed by atoms with Crippen molar-refractivity contribution in [1.82, 2.24) is 9.03 Å². The van der Waals surface area contributed by atoms with Crippen molar-refractivity contribution in [2.24, 2.45) is 5.92 Å². The van der Waals surface area contributed by atoms with Crippen LogP contribution in [0.2, 0.25) is 0 Å². The summed E-state index contributed by atoms with van der Waals surface area (Å²) in [5.41, 5.74) is 1.66. The molecule has 0 unspecified atom stereocenters. The van der Waals surface area contributed by atoms with Gasteiger partial charge < -0.3 is 0 Å². The van der Waals surface area contributed by atoms with E-state index in [-0.39, 0.29) is 18.0 Å². The molecule has 1 rings (SSSR count). The van der Waals surface area contributed by atoms with E-state index in [1.807, 2.05) is 20.8 Å². The lowest BCUT2D eigenvalue weighted by atomic mass is 10.1. The number of aryl methyl sites for hydroxylation is 2. The molecule has 6 nitrogen and oxygen atoms in total. The Morgan fingerprint density at radius 1 is 1.08 bits per heavy atom. The predicted octanol–water partition coefficient (Wildman–Crippen LogP) is 1.89. The van der Waals surface area contributed by atoms with E-state index in [2.05, 4.69) is 4.72 Å². The van der Waals surface area contributed by atoms with Crippen LogP contribution in [0.5, 0.6) is 0 Å². The molecule has 0 atom stereocenters. The van der Waals surface area contributed by atoms with Crippen LogP contribution in [0, 0.1) is 19.8 Å². The molecule has 24 heavy (non-hydrogen) atoms.